The fourth-order valence-corrected chi connectivity index (χ4v) is 4.31. The summed E-state index contributed by atoms with van der Waals surface area (Å²) in [4.78, 5) is 10.7. The first kappa shape index (κ1) is 17.5. The zero-order valence-electron chi connectivity index (χ0n) is 13.3. The molecule has 0 saturated heterocycles. The molecule has 2 nitrogen and oxygen atoms in total. The van der Waals surface area contributed by atoms with Crippen LogP contribution in [0.2, 0.25) is 0 Å². The number of aryl methyl sites for hydroxylation is 3. The lowest BCUT2D eigenvalue weighted by atomic mass is 10.1. The van der Waals surface area contributed by atoms with E-state index in [1.165, 1.54) is 0 Å². The molecule has 0 unspecified atom stereocenters. The number of unbranched alkanes of at least 4 members (excludes halogenated alkanes) is 1. The Balaban J connectivity index is 1.85. The molecule has 0 spiro atoms. The summed E-state index contributed by atoms with van der Waals surface area (Å²) in [6.45, 7) is 5.11. The number of alkyl halides is 2. The highest BCUT2D eigenvalue weighted by atomic mass is 32.1. The third-order valence-corrected chi connectivity index (χ3v) is 6.05. The van der Waals surface area contributed by atoms with E-state index in [4.69, 9.17) is 0 Å². The van der Waals surface area contributed by atoms with Crippen LogP contribution in [0.5, 0.6) is 0 Å². The van der Waals surface area contributed by atoms with Crippen LogP contribution in [-0.4, -0.2) is 9.97 Å². The third-order valence-electron chi connectivity index (χ3n) is 3.52. The van der Waals surface area contributed by atoms with Crippen molar-refractivity contribution in [1.29, 1.82) is 0 Å². The van der Waals surface area contributed by atoms with Gasteiger partial charge in [0.1, 0.15) is 13.3 Å². The van der Waals surface area contributed by atoms with Gasteiger partial charge in [-0.05, 0) is 32.6 Å². The molecule has 0 aliphatic rings. The molecule has 0 aromatic carbocycles. The molecule has 0 bridgehead atoms. The Kier molecular flexibility index (Phi) is 6.44. The van der Waals surface area contributed by atoms with Crippen LogP contribution >= 0.6 is 22.7 Å². The minimum atomic E-state index is -0.485. The molecule has 0 radical (unpaired) electrons. The number of hydrogen-bond donors (Lipinski definition) is 0. The summed E-state index contributed by atoms with van der Waals surface area (Å²) in [6.07, 6.45) is 3.70. The predicted molar refractivity (Wildman–Crippen MR) is 89.3 cm³/mol. The van der Waals surface area contributed by atoms with Crippen molar-refractivity contribution >= 4 is 22.7 Å². The van der Waals surface area contributed by atoms with Crippen LogP contribution in [0.15, 0.2) is 0 Å². The number of hydrogen-bond acceptors (Lipinski definition) is 4. The molecule has 2 aromatic rings. The van der Waals surface area contributed by atoms with Gasteiger partial charge in [-0.15, -0.1) is 22.7 Å². The maximum absolute atomic E-state index is 13.0. The molecule has 0 aliphatic heterocycles. The lowest BCUT2D eigenvalue weighted by molar-refractivity contribution is 0.473. The molecule has 2 heterocycles. The Morgan fingerprint density at radius 3 is 2.23 bits per heavy atom. The lowest BCUT2D eigenvalue weighted by Gasteiger charge is -1.99. The molecule has 6 heteroatoms. The topological polar surface area (TPSA) is 25.8 Å². The lowest BCUT2D eigenvalue weighted by Crippen LogP contribution is -1.91. The van der Waals surface area contributed by atoms with E-state index in [9.17, 15) is 8.78 Å². The van der Waals surface area contributed by atoms with Gasteiger partial charge in [0.15, 0.2) is 0 Å². The van der Waals surface area contributed by atoms with E-state index in [0.29, 0.717) is 17.3 Å². The van der Waals surface area contributed by atoms with Crippen LogP contribution in [0, 0.1) is 6.92 Å². The highest BCUT2D eigenvalue weighted by Gasteiger charge is 2.13. The average molecular weight is 344 g/mol. The normalized spacial score (nSPS) is 11.5. The zero-order chi connectivity index (χ0) is 16.1. The van der Waals surface area contributed by atoms with Crippen molar-refractivity contribution in [3.8, 4) is 0 Å². The van der Waals surface area contributed by atoms with E-state index in [-0.39, 0.29) is 0 Å². The van der Waals surface area contributed by atoms with E-state index in [1.807, 2.05) is 6.92 Å². The van der Waals surface area contributed by atoms with Crippen molar-refractivity contribution in [2.75, 3.05) is 0 Å². The minimum absolute atomic E-state index is 0.349. The number of thiazole rings is 2. The summed E-state index contributed by atoms with van der Waals surface area (Å²) in [5.41, 5.74) is 1.18. The molecule has 0 N–H and O–H groups in total. The highest BCUT2D eigenvalue weighted by Crippen LogP contribution is 2.27. The van der Waals surface area contributed by atoms with Gasteiger partial charge in [-0.3, -0.25) is 0 Å². The second-order valence-corrected chi connectivity index (χ2v) is 8.06. The third kappa shape index (κ3) is 4.32. The van der Waals surface area contributed by atoms with E-state index < -0.39 is 13.3 Å². The molecule has 22 heavy (non-hydrogen) atoms. The number of rotatable bonds is 8. The standard InChI is InChI=1S/C16H22F2N2S2/c1-10(2)16-20-13(9-18)14(22-16)6-4-5-7-15-19-12(8-17)11(3)21-15/h10H,4-9H2,1-3H3. The molecular weight excluding hydrogens is 322 g/mol. The van der Waals surface area contributed by atoms with E-state index in [2.05, 4.69) is 23.8 Å². The van der Waals surface area contributed by atoms with Gasteiger partial charge in [0.25, 0.3) is 0 Å². The van der Waals surface area contributed by atoms with Crippen molar-refractivity contribution in [3.05, 3.63) is 31.2 Å². The van der Waals surface area contributed by atoms with Crippen molar-refractivity contribution in [2.24, 2.45) is 0 Å². The fraction of sp³-hybridized carbons (Fsp3) is 0.625. The largest absolute Gasteiger partial charge is 0.244 e. The summed E-state index contributed by atoms with van der Waals surface area (Å²) in [5, 5.41) is 2.02. The van der Waals surface area contributed by atoms with Crippen LogP contribution in [0.3, 0.4) is 0 Å². The SMILES string of the molecule is Cc1sc(CCCCc2sc(C(C)C)nc2CF)nc1CF. The van der Waals surface area contributed by atoms with Gasteiger partial charge in [0.2, 0.25) is 0 Å². The van der Waals surface area contributed by atoms with Crippen LogP contribution in [-0.2, 0) is 26.2 Å². The molecule has 122 valence electrons. The Morgan fingerprint density at radius 1 is 0.955 bits per heavy atom. The maximum Gasteiger partial charge on any atom is 0.133 e. The van der Waals surface area contributed by atoms with Gasteiger partial charge in [-0.2, -0.15) is 0 Å². The van der Waals surface area contributed by atoms with E-state index in [1.54, 1.807) is 22.7 Å². The zero-order valence-corrected chi connectivity index (χ0v) is 14.9. The molecule has 2 rings (SSSR count). The Morgan fingerprint density at radius 2 is 1.64 bits per heavy atom. The molecule has 2 aromatic heterocycles. The Labute approximate surface area is 138 Å². The van der Waals surface area contributed by atoms with Gasteiger partial charge >= 0.3 is 0 Å². The molecular formula is C16H22F2N2S2. The van der Waals surface area contributed by atoms with Crippen molar-refractivity contribution in [1.82, 2.24) is 9.97 Å². The first-order valence-electron chi connectivity index (χ1n) is 7.60. The van der Waals surface area contributed by atoms with E-state index in [0.717, 1.165) is 45.5 Å². The Hall–Kier alpha value is -0.880. The quantitative estimate of drug-likeness (QED) is 0.588. The maximum atomic E-state index is 13.0. The smallest absolute Gasteiger partial charge is 0.133 e. The van der Waals surface area contributed by atoms with Gasteiger partial charge in [-0.1, -0.05) is 13.8 Å². The Bertz CT molecular complexity index is 605. The molecule has 0 atom stereocenters. The summed E-state index contributed by atoms with van der Waals surface area (Å²) < 4.78 is 25.7. The van der Waals surface area contributed by atoms with E-state index >= 15 is 0 Å². The van der Waals surface area contributed by atoms with Gasteiger partial charge in [0.05, 0.1) is 21.4 Å². The number of nitrogens with zero attached hydrogens (tertiary/aromatic N) is 2. The first-order chi connectivity index (χ1) is 10.5. The van der Waals surface area contributed by atoms with Crippen LogP contribution < -0.4 is 0 Å². The average Bonchev–Trinajstić information content (AvgIpc) is 3.06. The predicted octanol–water partition coefficient (Wildman–Crippen LogP) is 5.54. The van der Waals surface area contributed by atoms with Gasteiger partial charge in [-0.25, -0.2) is 18.7 Å². The fourth-order valence-electron chi connectivity index (χ4n) is 2.23. The molecule has 0 amide bonds. The summed E-state index contributed by atoms with van der Waals surface area (Å²) in [7, 11) is 0. The number of aromatic nitrogens is 2. The van der Waals surface area contributed by atoms with Crippen molar-refractivity contribution in [3.63, 3.8) is 0 Å². The van der Waals surface area contributed by atoms with Crippen molar-refractivity contribution < 1.29 is 8.78 Å². The summed E-state index contributed by atoms with van der Waals surface area (Å²) >= 11 is 3.21. The van der Waals surface area contributed by atoms with Gasteiger partial charge < -0.3 is 0 Å². The monoisotopic (exact) mass is 344 g/mol. The second kappa shape index (κ2) is 8.11. The first-order valence-corrected chi connectivity index (χ1v) is 9.24. The second-order valence-electron chi connectivity index (χ2n) is 5.66. The van der Waals surface area contributed by atoms with Gasteiger partial charge in [0, 0.05) is 15.7 Å². The summed E-state index contributed by atoms with van der Waals surface area (Å²) in [6, 6.07) is 0. The van der Waals surface area contributed by atoms with Crippen molar-refractivity contribution in [2.45, 2.75) is 65.7 Å². The molecule has 0 saturated carbocycles. The minimum Gasteiger partial charge on any atom is -0.244 e. The summed E-state index contributed by atoms with van der Waals surface area (Å²) in [5.74, 6) is 0.349. The molecule has 0 aliphatic carbocycles. The van der Waals surface area contributed by atoms with Crippen LogP contribution in [0.25, 0.3) is 0 Å². The van der Waals surface area contributed by atoms with Crippen LogP contribution in [0.4, 0.5) is 8.78 Å². The highest BCUT2D eigenvalue weighted by molar-refractivity contribution is 7.12. The number of halogens is 2. The molecule has 0 fully saturated rings. The van der Waals surface area contributed by atoms with Crippen LogP contribution in [0.1, 0.15) is 63.8 Å².